The first-order chi connectivity index (χ1) is 13.2. The monoisotopic (exact) mass is 412 g/mol. The van der Waals surface area contributed by atoms with Gasteiger partial charge in [0.2, 0.25) is 0 Å². The molecular formula is C19H13ClF4N2O2. The number of nitrogens with zero attached hydrogens (tertiary/aromatic N) is 2. The van der Waals surface area contributed by atoms with Gasteiger partial charge in [-0.2, -0.15) is 18.3 Å². The van der Waals surface area contributed by atoms with E-state index in [0.29, 0.717) is 11.1 Å². The molecule has 0 atom stereocenters. The molecule has 0 N–H and O–H groups in total. The number of carbonyl (C=O) groups excluding carboxylic acids is 1. The Hall–Kier alpha value is -2.87. The van der Waals surface area contributed by atoms with Crippen molar-refractivity contribution >= 4 is 34.5 Å². The van der Waals surface area contributed by atoms with Crippen LogP contribution >= 0.6 is 11.6 Å². The second-order valence-corrected chi connectivity index (χ2v) is 6.27. The number of ether oxygens (including phenoxy) is 1. The van der Waals surface area contributed by atoms with Crippen LogP contribution in [-0.4, -0.2) is 22.9 Å². The van der Waals surface area contributed by atoms with E-state index in [1.54, 1.807) is 0 Å². The van der Waals surface area contributed by atoms with E-state index in [9.17, 15) is 22.4 Å². The lowest BCUT2D eigenvalue weighted by atomic mass is 10.1. The molecule has 0 amide bonds. The summed E-state index contributed by atoms with van der Waals surface area (Å²) < 4.78 is 58.4. The van der Waals surface area contributed by atoms with Crippen molar-refractivity contribution in [1.82, 2.24) is 9.78 Å². The van der Waals surface area contributed by atoms with Crippen molar-refractivity contribution in [2.75, 3.05) is 7.11 Å². The summed E-state index contributed by atoms with van der Waals surface area (Å²) in [6.45, 7) is 0.104. The third-order valence-corrected chi connectivity index (χ3v) is 4.37. The Morgan fingerprint density at radius 1 is 1.25 bits per heavy atom. The normalized spacial score (nSPS) is 12.1. The zero-order valence-corrected chi connectivity index (χ0v) is 15.2. The third-order valence-electron chi connectivity index (χ3n) is 4.02. The van der Waals surface area contributed by atoms with Crippen molar-refractivity contribution in [2.45, 2.75) is 12.7 Å². The maximum atomic E-state index is 13.2. The van der Waals surface area contributed by atoms with Gasteiger partial charge in [0.05, 0.1) is 30.4 Å². The van der Waals surface area contributed by atoms with Crippen molar-refractivity contribution < 1.29 is 27.1 Å². The number of fused-ring (bicyclic) bond motifs is 1. The van der Waals surface area contributed by atoms with Gasteiger partial charge in [0.25, 0.3) is 0 Å². The zero-order chi connectivity index (χ0) is 20.5. The van der Waals surface area contributed by atoms with Crippen LogP contribution in [0.4, 0.5) is 17.6 Å². The number of methoxy groups -OCH3 is 1. The molecule has 0 bridgehead atoms. The van der Waals surface area contributed by atoms with E-state index in [2.05, 4.69) is 9.84 Å². The Bertz CT molecular complexity index is 1070. The summed E-state index contributed by atoms with van der Waals surface area (Å²) in [6.07, 6.45) is -2.19. The maximum Gasteiger partial charge on any atom is 0.416 e. The van der Waals surface area contributed by atoms with Crippen LogP contribution in [0.15, 0.2) is 42.5 Å². The summed E-state index contributed by atoms with van der Waals surface area (Å²) in [5.74, 6) is -1.17. The molecule has 28 heavy (non-hydrogen) atoms. The minimum absolute atomic E-state index is 0.104. The third kappa shape index (κ3) is 4.17. The molecule has 3 aromatic rings. The molecule has 3 rings (SSSR count). The summed E-state index contributed by atoms with van der Waals surface area (Å²) >= 11 is 6.04. The molecule has 0 saturated heterocycles. The second-order valence-electron chi connectivity index (χ2n) is 5.86. The molecule has 0 fully saturated rings. The van der Waals surface area contributed by atoms with E-state index in [1.807, 2.05) is 0 Å². The number of hydrogen-bond donors (Lipinski definition) is 0. The molecule has 1 heterocycles. The minimum atomic E-state index is -4.53. The average Bonchev–Trinajstić information content (AvgIpc) is 2.98. The van der Waals surface area contributed by atoms with Gasteiger partial charge in [-0.25, -0.2) is 9.18 Å². The largest absolute Gasteiger partial charge is 0.466 e. The fourth-order valence-electron chi connectivity index (χ4n) is 2.65. The van der Waals surface area contributed by atoms with Gasteiger partial charge >= 0.3 is 12.1 Å². The highest BCUT2D eigenvalue weighted by atomic mass is 35.5. The zero-order valence-electron chi connectivity index (χ0n) is 14.4. The molecule has 0 saturated carbocycles. The van der Waals surface area contributed by atoms with Crippen LogP contribution in [0, 0.1) is 5.82 Å². The van der Waals surface area contributed by atoms with Crippen LogP contribution in [0.1, 0.15) is 16.8 Å². The standard InChI is InChI=1S/C19H13ClF4N2O2/c1-28-18(27)7-5-16-14-8-12(19(22,23)24)3-6-17(14)26(25-16)10-11-2-4-13(21)9-15(11)20/h2-9H,10H2,1H3. The summed E-state index contributed by atoms with van der Waals surface area (Å²) in [6, 6.07) is 7.04. The Morgan fingerprint density at radius 2 is 2.00 bits per heavy atom. The van der Waals surface area contributed by atoms with Crippen molar-refractivity contribution in [2.24, 2.45) is 0 Å². The molecule has 1 aromatic heterocycles. The van der Waals surface area contributed by atoms with Crippen LogP contribution < -0.4 is 0 Å². The van der Waals surface area contributed by atoms with Crippen molar-refractivity contribution in [3.63, 3.8) is 0 Å². The molecule has 0 radical (unpaired) electrons. The predicted octanol–water partition coefficient (Wildman–Crippen LogP) is 5.08. The van der Waals surface area contributed by atoms with Crippen LogP contribution in [0.3, 0.4) is 0 Å². The van der Waals surface area contributed by atoms with Crippen molar-refractivity contribution in [3.8, 4) is 0 Å². The van der Waals surface area contributed by atoms with E-state index >= 15 is 0 Å². The van der Waals surface area contributed by atoms with Gasteiger partial charge in [-0.05, 0) is 42.0 Å². The molecule has 0 aliphatic carbocycles. The Balaban J connectivity index is 2.12. The molecule has 0 unspecified atom stereocenters. The predicted molar refractivity (Wildman–Crippen MR) is 96.3 cm³/mol. The maximum absolute atomic E-state index is 13.2. The molecule has 2 aromatic carbocycles. The SMILES string of the molecule is COC(=O)C=Cc1nn(Cc2ccc(F)cc2Cl)c2ccc(C(F)(F)F)cc12. The number of carbonyl (C=O) groups is 1. The summed E-state index contributed by atoms with van der Waals surface area (Å²) in [4.78, 5) is 11.3. The summed E-state index contributed by atoms with van der Waals surface area (Å²) in [5.41, 5.74) is 0.255. The number of esters is 1. The highest BCUT2D eigenvalue weighted by molar-refractivity contribution is 6.31. The molecule has 9 heteroatoms. The van der Waals surface area contributed by atoms with Gasteiger partial charge in [-0.1, -0.05) is 17.7 Å². The fourth-order valence-corrected chi connectivity index (χ4v) is 2.88. The number of hydrogen-bond acceptors (Lipinski definition) is 3. The van der Waals surface area contributed by atoms with Gasteiger partial charge in [0.15, 0.2) is 0 Å². The first kappa shape index (κ1) is 19.9. The Labute approximate surface area is 162 Å². The number of rotatable bonds is 4. The van der Waals surface area contributed by atoms with Gasteiger partial charge in [0.1, 0.15) is 5.82 Å². The Kier molecular flexibility index (Phi) is 5.42. The van der Waals surface area contributed by atoms with Gasteiger partial charge < -0.3 is 4.74 Å². The second kappa shape index (κ2) is 7.63. The van der Waals surface area contributed by atoms with Gasteiger partial charge in [-0.15, -0.1) is 0 Å². The number of halogens is 5. The van der Waals surface area contributed by atoms with Crippen LogP contribution in [0.25, 0.3) is 17.0 Å². The smallest absolute Gasteiger partial charge is 0.416 e. The van der Waals surface area contributed by atoms with Crippen molar-refractivity contribution in [3.05, 3.63) is 70.1 Å². The lowest BCUT2D eigenvalue weighted by Gasteiger charge is -2.08. The molecular weight excluding hydrogens is 400 g/mol. The van der Waals surface area contributed by atoms with E-state index < -0.39 is 23.5 Å². The van der Waals surface area contributed by atoms with Crippen LogP contribution in [0.2, 0.25) is 5.02 Å². The van der Waals surface area contributed by atoms with Crippen LogP contribution in [-0.2, 0) is 22.3 Å². The lowest BCUT2D eigenvalue weighted by Crippen LogP contribution is -2.05. The number of aromatic nitrogens is 2. The summed E-state index contributed by atoms with van der Waals surface area (Å²) in [5, 5.41) is 4.65. The topological polar surface area (TPSA) is 44.1 Å². The van der Waals surface area contributed by atoms with E-state index in [1.165, 1.54) is 36.1 Å². The van der Waals surface area contributed by atoms with Gasteiger partial charge in [-0.3, -0.25) is 4.68 Å². The molecule has 4 nitrogen and oxygen atoms in total. The van der Waals surface area contributed by atoms with Crippen LogP contribution in [0.5, 0.6) is 0 Å². The molecule has 0 aliphatic heterocycles. The van der Waals surface area contributed by atoms with Crippen molar-refractivity contribution in [1.29, 1.82) is 0 Å². The van der Waals surface area contributed by atoms with Gasteiger partial charge in [0, 0.05) is 16.5 Å². The highest BCUT2D eigenvalue weighted by Gasteiger charge is 2.31. The lowest BCUT2D eigenvalue weighted by molar-refractivity contribution is -0.137. The fraction of sp³-hybridized carbons (Fsp3) is 0.158. The number of alkyl halides is 3. The minimum Gasteiger partial charge on any atom is -0.466 e. The van der Waals surface area contributed by atoms with E-state index in [4.69, 9.17) is 11.6 Å². The quantitative estimate of drug-likeness (QED) is 0.341. The first-order valence-electron chi connectivity index (χ1n) is 7.97. The molecule has 0 aliphatic rings. The summed E-state index contributed by atoms with van der Waals surface area (Å²) in [7, 11) is 1.18. The van der Waals surface area contributed by atoms with E-state index in [-0.39, 0.29) is 22.6 Å². The molecule has 0 spiro atoms. The Morgan fingerprint density at radius 3 is 2.64 bits per heavy atom. The average molecular weight is 413 g/mol. The highest BCUT2D eigenvalue weighted by Crippen LogP contribution is 2.33. The first-order valence-corrected chi connectivity index (χ1v) is 8.34. The van der Waals surface area contributed by atoms with E-state index in [0.717, 1.165) is 24.3 Å². The number of benzene rings is 2. The molecule has 146 valence electrons.